The van der Waals surface area contributed by atoms with Crippen LogP contribution < -0.4 is 0 Å². The van der Waals surface area contributed by atoms with Crippen molar-refractivity contribution in [3.8, 4) is 0 Å². The number of unbranched alkanes of at least 4 members (excludes halogenated alkanes) is 11. The zero-order chi connectivity index (χ0) is 16.3. The van der Waals surface area contributed by atoms with E-state index in [1.54, 1.807) is 0 Å². The Bertz CT molecular complexity index is 301. The van der Waals surface area contributed by atoms with Crippen LogP contribution in [0.2, 0.25) is 0 Å². The quantitative estimate of drug-likeness (QED) is 0.200. The highest BCUT2D eigenvalue weighted by Crippen LogP contribution is 2.08. The van der Waals surface area contributed by atoms with Crippen LogP contribution >= 0.6 is 0 Å². The maximum Gasteiger partial charge on any atom is 0.305 e. The minimum Gasteiger partial charge on any atom is -0.469 e. The van der Waals surface area contributed by atoms with Gasteiger partial charge in [-0.05, 0) is 44.3 Å². The third-order valence-corrected chi connectivity index (χ3v) is 3.89. The molecule has 0 aromatic carbocycles. The molecule has 0 aliphatic rings. The Balaban J connectivity index is 3.22. The Labute approximate surface area is 138 Å². The lowest BCUT2D eigenvalue weighted by molar-refractivity contribution is -0.140. The second-order valence-electron chi connectivity index (χ2n) is 6.01. The highest BCUT2D eigenvalue weighted by molar-refractivity contribution is 5.68. The van der Waals surface area contributed by atoms with E-state index in [1.807, 2.05) is 0 Å². The number of esters is 1. The van der Waals surface area contributed by atoms with Crippen LogP contribution in [0.3, 0.4) is 0 Å². The molecule has 22 heavy (non-hydrogen) atoms. The molecule has 0 aromatic heterocycles. The molecule has 0 bridgehead atoms. The van der Waals surface area contributed by atoms with Crippen molar-refractivity contribution in [2.45, 2.75) is 96.8 Å². The van der Waals surface area contributed by atoms with E-state index in [9.17, 15) is 4.79 Å². The summed E-state index contributed by atoms with van der Waals surface area (Å²) in [6.45, 7) is 2.26. The van der Waals surface area contributed by atoms with Gasteiger partial charge in [-0.1, -0.05) is 58.3 Å². The van der Waals surface area contributed by atoms with Crippen molar-refractivity contribution in [3.63, 3.8) is 0 Å². The number of carbonyl (C=O) groups is 1. The van der Waals surface area contributed by atoms with E-state index in [2.05, 4.69) is 29.5 Å². The zero-order valence-electron chi connectivity index (χ0n) is 14.9. The molecular weight excluding hydrogens is 272 g/mol. The molecular formula is C20H36O2. The van der Waals surface area contributed by atoms with Crippen LogP contribution in [0.25, 0.3) is 0 Å². The fourth-order valence-electron chi connectivity index (χ4n) is 2.42. The van der Waals surface area contributed by atoms with E-state index in [-0.39, 0.29) is 5.97 Å². The van der Waals surface area contributed by atoms with Gasteiger partial charge in [0.15, 0.2) is 0 Å². The summed E-state index contributed by atoms with van der Waals surface area (Å²) in [5, 5.41) is 0. The number of allylic oxidation sites excluding steroid dienone is 1. The van der Waals surface area contributed by atoms with Crippen LogP contribution in [0.1, 0.15) is 96.8 Å². The molecule has 0 spiro atoms. The van der Waals surface area contributed by atoms with Gasteiger partial charge in [-0.15, -0.1) is 5.73 Å². The largest absolute Gasteiger partial charge is 0.469 e. The van der Waals surface area contributed by atoms with Crippen LogP contribution in [0.15, 0.2) is 17.9 Å². The van der Waals surface area contributed by atoms with Crippen LogP contribution in [0, 0.1) is 0 Å². The first-order chi connectivity index (χ1) is 10.8. The van der Waals surface area contributed by atoms with Crippen LogP contribution in [0.5, 0.6) is 0 Å². The van der Waals surface area contributed by atoms with E-state index in [1.165, 1.54) is 71.3 Å². The van der Waals surface area contributed by atoms with Gasteiger partial charge >= 0.3 is 5.97 Å². The molecule has 0 N–H and O–H groups in total. The highest BCUT2D eigenvalue weighted by atomic mass is 16.5. The Morgan fingerprint density at radius 1 is 0.818 bits per heavy atom. The Morgan fingerprint density at radius 3 is 1.86 bits per heavy atom. The van der Waals surface area contributed by atoms with E-state index in [0.29, 0.717) is 6.42 Å². The SMILES string of the molecule is CCCCCCCCC=C=CCCCCCCCC(=O)OC. The number of carbonyl (C=O) groups excluding carboxylic acids is 1. The molecule has 2 nitrogen and oxygen atoms in total. The number of methoxy groups -OCH3 is 1. The summed E-state index contributed by atoms with van der Waals surface area (Å²) >= 11 is 0. The fourth-order valence-corrected chi connectivity index (χ4v) is 2.42. The summed E-state index contributed by atoms with van der Waals surface area (Å²) in [4.78, 5) is 10.9. The topological polar surface area (TPSA) is 26.3 Å². The fraction of sp³-hybridized carbons (Fsp3) is 0.800. The van der Waals surface area contributed by atoms with Crippen molar-refractivity contribution in [1.29, 1.82) is 0 Å². The lowest BCUT2D eigenvalue weighted by atomic mass is 10.1. The molecule has 0 amide bonds. The van der Waals surface area contributed by atoms with Gasteiger partial charge in [0.05, 0.1) is 7.11 Å². The molecule has 0 heterocycles. The normalized spacial score (nSPS) is 10.1. The third-order valence-electron chi connectivity index (χ3n) is 3.89. The molecule has 0 aliphatic carbocycles. The van der Waals surface area contributed by atoms with Gasteiger partial charge in [0.1, 0.15) is 0 Å². The van der Waals surface area contributed by atoms with Gasteiger partial charge in [0.2, 0.25) is 0 Å². The Kier molecular flexibility index (Phi) is 17.2. The van der Waals surface area contributed by atoms with Gasteiger partial charge in [-0.25, -0.2) is 0 Å². The number of hydrogen-bond donors (Lipinski definition) is 0. The molecule has 0 radical (unpaired) electrons. The number of hydrogen-bond acceptors (Lipinski definition) is 2. The summed E-state index contributed by atoms with van der Waals surface area (Å²) in [5.74, 6) is -0.0848. The maximum atomic E-state index is 10.9. The lowest BCUT2D eigenvalue weighted by Crippen LogP contribution is -1.98. The molecule has 0 rings (SSSR count). The van der Waals surface area contributed by atoms with E-state index >= 15 is 0 Å². The molecule has 0 unspecified atom stereocenters. The molecule has 0 aromatic rings. The monoisotopic (exact) mass is 308 g/mol. The standard InChI is InChI=1S/C20H36O2/c1-3-4-5-6-7-8-9-10-11-12-13-14-15-16-17-18-19-20(21)22-2/h10,12H,3-9,13-19H2,1-2H3. The molecule has 2 heteroatoms. The lowest BCUT2D eigenvalue weighted by Gasteiger charge is -1.99. The Hall–Kier alpha value is -1.01. The van der Waals surface area contributed by atoms with Gasteiger partial charge in [0.25, 0.3) is 0 Å². The summed E-state index contributed by atoms with van der Waals surface area (Å²) in [5.41, 5.74) is 3.30. The van der Waals surface area contributed by atoms with Crippen LogP contribution in [-0.4, -0.2) is 13.1 Å². The summed E-state index contributed by atoms with van der Waals surface area (Å²) in [6, 6.07) is 0. The van der Waals surface area contributed by atoms with Gasteiger partial charge in [-0.2, -0.15) is 0 Å². The van der Waals surface area contributed by atoms with Crippen molar-refractivity contribution in [3.05, 3.63) is 17.9 Å². The second kappa shape index (κ2) is 18.0. The van der Waals surface area contributed by atoms with Crippen LogP contribution in [0.4, 0.5) is 0 Å². The highest BCUT2D eigenvalue weighted by Gasteiger charge is 1.98. The summed E-state index contributed by atoms with van der Waals surface area (Å²) in [6.07, 6.45) is 21.2. The number of ether oxygens (including phenoxy) is 1. The molecule has 0 fully saturated rings. The second-order valence-corrected chi connectivity index (χ2v) is 6.01. The molecule has 0 saturated carbocycles. The van der Waals surface area contributed by atoms with Crippen molar-refractivity contribution in [2.24, 2.45) is 0 Å². The van der Waals surface area contributed by atoms with Crippen molar-refractivity contribution < 1.29 is 9.53 Å². The third kappa shape index (κ3) is 17.0. The van der Waals surface area contributed by atoms with Gasteiger partial charge in [0, 0.05) is 6.42 Å². The summed E-state index contributed by atoms with van der Waals surface area (Å²) in [7, 11) is 1.45. The van der Waals surface area contributed by atoms with Gasteiger partial charge < -0.3 is 4.74 Å². The average molecular weight is 309 g/mol. The maximum absolute atomic E-state index is 10.9. The smallest absolute Gasteiger partial charge is 0.305 e. The first kappa shape index (κ1) is 21.0. The molecule has 128 valence electrons. The average Bonchev–Trinajstić information content (AvgIpc) is 2.54. The van der Waals surface area contributed by atoms with E-state index in [4.69, 9.17) is 0 Å². The molecule has 0 aliphatic heterocycles. The summed E-state index contributed by atoms with van der Waals surface area (Å²) < 4.78 is 4.62. The molecule has 0 atom stereocenters. The first-order valence-electron chi connectivity index (χ1n) is 9.27. The van der Waals surface area contributed by atoms with Crippen LogP contribution in [-0.2, 0) is 9.53 Å². The first-order valence-corrected chi connectivity index (χ1v) is 9.27. The van der Waals surface area contributed by atoms with Crippen molar-refractivity contribution in [2.75, 3.05) is 7.11 Å². The van der Waals surface area contributed by atoms with E-state index in [0.717, 1.165) is 19.3 Å². The van der Waals surface area contributed by atoms with Crippen molar-refractivity contribution >= 4 is 5.97 Å². The van der Waals surface area contributed by atoms with E-state index < -0.39 is 0 Å². The molecule has 0 saturated heterocycles. The van der Waals surface area contributed by atoms with Gasteiger partial charge in [-0.3, -0.25) is 4.79 Å². The zero-order valence-corrected chi connectivity index (χ0v) is 14.9. The predicted octanol–water partition coefficient (Wildman–Crippen LogP) is 6.35. The predicted molar refractivity (Wildman–Crippen MR) is 95.0 cm³/mol. The Morgan fingerprint density at radius 2 is 1.32 bits per heavy atom. The minimum absolute atomic E-state index is 0.0848. The number of rotatable bonds is 15. The minimum atomic E-state index is -0.0848. The van der Waals surface area contributed by atoms with Crippen molar-refractivity contribution in [1.82, 2.24) is 0 Å².